The van der Waals surface area contributed by atoms with E-state index in [9.17, 15) is 5.11 Å². The van der Waals surface area contributed by atoms with E-state index in [-0.39, 0.29) is 5.60 Å². The van der Waals surface area contributed by atoms with Gasteiger partial charge >= 0.3 is 0 Å². The van der Waals surface area contributed by atoms with Gasteiger partial charge in [-0.25, -0.2) is 0 Å². The summed E-state index contributed by atoms with van der Waals surface area (Å²) in [5, 5.41) is 14.0. The molecule has 0 saturated carbocycles. The Balaban J connectivity index is 1.61. The van der Waals surface area contributed by atoms with Crippen molar-refractivity contribution in [3.63, 3.8) is 0 Å². The molecule has 0 aromatic heterocycles. The summed E-state index contributed by atoms with van der Waals surface area (Å²) in [6.07, 6.45) is 3.94. The second-order valence-corrected chi connectivity index (χ2v) is 6.85. The summed E-state index contributed by atoms with van der Waals surface area (Å²) >= 11 is 0. The molecule has 1 atom stereocenters. The topological polar surface area (TPSA) is 44.7 Å². The Hall–Kier alpha value is -0.940. The predicted octanol–water partition coefficient (Wildman–Crippen LogP) is 1.74. The molecular formula is C18H28N2O2. The number of nitrogens with zero attached hydrogens (tertiary/aromatic N) is 1. The number of aliphatic hydroxyl groups is 1. The van der Waals surface area contributed by atoms with Gasteiger partial charge in [0.2, 0.25) is 0 Å². The van der Waals surface area contributed by atoms with Gasteiger partial charge in [0.25, 0.3) is 0 Å². The molecule has 2 heterocycles. The number of hydrogen-bond acceptors (Lipinski definition) is 4. The third-order valence-electron chi connectivity index (χ3n) is 5.32. The summed E-state index contributed by atoms with van der Waals surface area (Å²) < 4.78 is 5.93. The van der Waals surface area contributed by atoms with Gasteiger partial charge in [0, 0.05) is 33.3 Å². The Morgan fingerprint density at radius 2 is 1.91 bits per heavy atom. The van der Waals surface area contributed by atoms with Crippen molar-refractivity contribution in [1.82, 2.24) is 10.2 Å². The van der Waals surface area contributed by atoms with Gasteiger partial charge in [-0.05, 0) is 37.8 Å². The monoisotopic (exact) mass is 304 g/mol. The molecule has 22 heavy (non-hydrogen) atoms. The van der Waals surface area contributed by atoms with E-state index in [0.717, 1.165) is 58.4 Å². The average molecular weight is 304 g/mol. The first-order chi connectivity index (χ1) is 10.7. The molecule has 1 aromatic carbocycles. The lowest BCUT2D eigenvalue weighted by Gasteiger charge is -2.44. The summed E-state index contributed by atoms with van der Waals surface area (Å²) in [7, 11) is 1.82. The summed E-state index contributed by atoms with van der Waals surface area (Å²) in [6, 6.07) is 10.5. The van der Waals surface area contributed by atoms with Crippen molar-refractivity contribution in [3.8, 4) is 0 Å². The molecule has 0 bridgehead atoms. The van der Waals surface area contributed by atoms with Crippen LogP contribution in [0.2, 0.25) is 0 Å². The normalized spacial score (nSPS) is 29.4. The summed E-state index contributed by atoms with van der Waals surface area (Å²) in [5.41, 5.74) is 0.554. The molecule has 0 spiro atoms. The Kier molecular flexibility index (Phi) is 4.83. The van der Waals surface area contributed by atoms with Crippen LogP contribution in [-0.4, -0.2) is 55.4 Å². The number of ether oxygens (including phenoxy) is 1. The molecule has 1 unspecified atom stereocenters. The number of β-amino-alcohol motifs (C(OH)–C–C–N with tert-alkyl or cyclic N) is 1. The number of methoxy groups -OCH3 is 1. The standard InChI is InChI=1S/C18H28N2O2/c1-22-18(16-6-3-2-4-7-16)9-12-20(13-10-18)15-17(21)8-5-11-19-14-17/h2-4,6-7,19,21H,5,8-15H2,1H3. The average Bonchev–Trinajstić information content (AvgIpc) is 2.57. The largest absolute Gasteiger partial charge is 0.387 e. The molecular weight excluding hydrogens is 276 g/mol. The van der Waals surface area contributed by atoms with E-state index < -0.39 is 5.60 Å². The maximum Gasteiger partial charge on any atom is 0.0951 e. The molecule has 2 aliphatic heterocycles. The van der Waals surface area contributed by atoms with E-state index in [1.165, 1.54) is 5.56 Å². The molecule has 4 heteroatoms. The number of nitrogens with one attached hydrogen (secondary N) is 1. The smallest absolute Gasteiger partial charge is 0.0951 e. The molecule has 1 aromatic rings. The lowest BCUT2D eigenvalue weighted by Crippen LogP contribution is -2.55. The highest BCUT2D eigenvalue weighted by atomic mass is 16.5. The zero-order valence-electron chi connectivity index (χ0n) is 13.6. The number of benzene rings is 1. The van der Waals surface area contributed by atoms with E-state index >= 15 is 0 Å². The van der Waals surface area contributed by atoms with E-state index in [2.05, 4.69) is 34.5 Å². The number of likely N-dealkylation sites (tertiary alicyclic amines) is 1. The molecule has 2 fully saturated rings. The van der Waals surface area contributed by atoms with Crippen LogP contribution in [-0.2, 0) is 10.3 Å². The Labute approximate surface area is 133 Å². The van der Waals surface area contributed by atoms with Crippen molar-refractivity contribution in [3.05, 3.63) is 35.9 Å². The van der Waals surface area contributed by atoms with Crippen LogP contribution < -0.4 is 5.32 Å². The van der Waals surface area contributed by atoms with Crippen LogP contribution in [0.4, 0.5) is 0 Å². The summed E-state index contributed by atoms with van der Waals surface area (Å²) in [5.74, 6) is 0. The Morgan fingerprint density at radius 3 is 2.50 bits per heavy atom. The molecule has 3 rings (SSSR count). The van der Waals surface area contributed by atoms with Crippen LogP contribution in [0.25, 0.3) is 0 Å². The first-order valence-electron chi connectivity index (χ1n) is 8.42. The highest BCUT2D eigenvalue weighted by molar-refractivity contribution is 5.23. The fourth-order valence-electron chi connectivity index (χ4n) is 3.93. The number of hydrogen-bond donors (Lipinski definition) is 2. The predicted molar refractivity (Wildman–Crippen MR) is 87.9 cm³/mol. The van der Waals surface area contributed by atoms with Crippen LogP contribution >= 0.6 is 0 Å². The lowest BCUT2D eigenvalue weighted by atomic mass is 9.83. The SMILES string of the molecule is COC1(c2ccccc2)CCN(CC2(O)CCCNC2)CC1. The Bertz CT molecular complexity index is 463. The second kappa shape index (κ2) is 6.67. The van der Waals surface area contributed by atoms with Gasteiger partial charge in [0.05, 0.1) is 11.2 Å². The fraction of sp³-hybridized carbons (Fsp3) is 0.667. The highest BCUT2D eigenvalue weighted by Crippen LogP contribution is 2.36. The molecule has 0 amide bonds. The van der Waals surface area contributed by atoms with Gasteiger partial charge in [-0.2, -0.15) is 0 Å². The molecule has 0 aliphatic carbocycles. The van der Waals surface area contributed by atoms with Crippen molar-refractivity contribution in [2.45, 2.75) is 36.9 Å². The van der Waals surface area contributed by atoms with Crippen LogP contribution in [0.1, 0.15) is 31.2 Å². The van der Waals surface area contributed by atoms with E-state index in [0.29, 0.717) is 0 Å². The van der Waals surface area contributed by atoms with E-state index in [1.807, 2.05) is 13.2 Å². The van der Waals surface area contributed by atoms with Gasteiger partial charge in [-0.15, -0.1) is 0 Å². The maximum atomic E-state index is 10.7. The number of piperidine rings is 2. The zero-order valence-corrected chi connectivity index (χ0v) is 13.6. The summed E-state index contributed by atoms with van der Waals surface area (Å²) in [6.45, 7) is 4.48. The van der Waals surface area contributed by atoms with E-state index in [1.54, 1.807) is 0 Å². The van der Waals surface area contributed by atoms with Crippen molar-refractivity contribution < 1.29 is 9.84 Å². The van der Waals surface area contributed by atoms with Gasteiger partial charge in [-0.1, -0.05) is 30.3 Å². The molecule has 4 nitrogen and oxygen atoms in total. The van der Waals surface area contributed by atoms with Gasteiger partial charge in [0.15, 0.2) is 0 Å². The maximum absolute atomic E-state index is 10.7. The molecule has 2 saturated heterocycles. The lowest BCUT2D eigenvalue weighted by molar-refractivity contribution is -0.0814. The minimum absolute atomic E-state index is 0.162. The Morgan fingerprint density at radius 1 is 1.18 bits per heavy atom. The van der Waals surface area contributed by atoms with Crippen LogP contribution in [0.5, 0.6) is 0 Å². The van der Waals surface area contributed by atoms with Gasteiger partial charge < -0.3 is 20.1 Å². The van der Waals surface area contributed by atoms with Crippen molar-refractivity contribution in [1.29, 1.82) is 0 Å². The van der Waals surface area contributed by atoms with E-state index in [4.69, 9.17) is 4.74 Å². The molecule has 0 radical (unpaired) electrons. The van der Waals surface area contributed by atoms with Crippen molar-refractivity contribution in [2.75, 3.05) is 39.8 Å². The van der Waals surface area contributed by atoms with Crippen LogP contribution in [0, 0.1) is 0 Å². The minimum Gasteiger partial charge on any atom is -0.387 e. The molecule has 122 valence electrons. The first kappa shape index (κ1) is 15.9. The van der Waals surface area contributed by atoms with Gasteiger partial charge in [0.1, 0.15) is 0 Å². The van der Waals surface area contributed by atoms with Crippen molar-refractivity contribution in [2.24, 2.45) is 0 Å². The minimum atomic E-state index is -0.557. The van der Waals surface area contributed by atoms with Crippen LogP contribution in [0.15, 0.2) is 30.3 Å². The summed E-state index contributed by atoms with van der Waals surface area (Å²) in [4.78, 5) is 2.40. The van der Waals surface area contributed by atoms with Crippen molar-refractivity contribution >= 4 is 0 Å². The van der Waals surface area contributed by atoms with Gasteiger partial charge in [-0.3, -0.25) is 0 Å². The fourth-order valence-corrected chi connectivity index (χ4v) is 3.93. The number of rotatable bonds is 4. The van der Waals surface area contributed by atoms with Crippen LogP contribution in [0.3, 0.4) is 0 Å². The quantitative estimate of drug-likeness (QED) is 0.889. The zero-order chi connectivity index (χ0) is 15.5. The second-order valence-electron chi connectivity index (χ2n) is 6.85. The molecule has 2 N–H and O–H groups in total. The third kappa shape index (κ3) is 3.35. The first-order valence-corrected chi connectivity index (χ1v) is 8.42. The molecule has 2 aliphatic rings. The highest BCUT2D eigenvalue weighted by Gasteiger charge is 2.39. The third-order valence-corrected chi connectivity index (χ3v) is 5.32.